The molecule has 0 aliphatic rings. The van der Waals surface area contributed by atoms with E-state index in [4.69, 9.17) is 16.9 Å². The van der Waals surface area contributed by atoms with Crippen molar-refractivity contribution in [2.24, 2.45) is 0 Å². The summed E-state index contributed by atoms with van der Waals surface area (Å²) in [6.45, 7) is 1.77. The van der Waals surface area contributed by atoms with Crippen molar-refractivity contribution >= 4 is 22.8 Å². The van der Waals surface area contributed by atoms with Crippen LogP contribution in [0.25, 0.3) is 22.6 Å². The van der Waals surface area contributed by atoms with Gasteiger partial charge in [0.2, 0.25) is 0 Å². The number of halogens is 2. The van der Waals surface area contributed by atoms with E-state index in [0.717, 1.165) is 0 Å². The average Bonchev–Trinajstić information content (AvgIpc) is 2.83. The van der Waals surface area contributed by atoms with Crippen LogP contribution in [0.5, 0.6) is 0 Å². The molecule has 0 atom stereocenters. The minimum atomic E-state index is -0.463. The Kier molecular flexibility index (Phi) is 2.88. The molecule has 2 aromatic heterocycles. The molecule has 0 bridgehead atoms. The average molecular weight is 287 g/mol. The van der Waals surface area contributed by atoms with Gasteiger partial charge in [-0.3, -0.25) is 0 Å². The van der Waals surface area contributed by atoms with Crippen molar-refractivity contribution < 1.29 is 4.39 Å². The molecule has 0 unspecified atom stereocenters. The summed E-state index contributed by atoms with van der Waals surface area (Å²) in [7, 11) is 0. The minimum absolute atomic E-state index is 0.199. The van der Waals surface area contributed by atoms with Crippen molar-refractivity contribution in [3.63, 3.8) is 0 Å². The second-order valence-electron chi connectivity index (χ2n) is 4.29. The topological polar surface area (TPSA) is 65.4 Å². The largest absolute Gasteiger partial charge is 0.322 e. The Morgan fingerprint density at radius 2 is 2.20 bits per heavy atom. The van der Waals surface area contributed by atoms with Crippen LogP contribution in [0.2, 0.25) is 5.02 Å². The van der Waals surface area contributed by atoms with Crippen molar-refractivity contribution in [3.8, 4) is 17.5 Å². The molecule has 0 radical (unpaired) electrons. The van der Waals surface area contributed by atoms with E-state index in [2.05, 4.69) is 15.0 Å². The zero-order chi connectivity index (χ0) is 14.3. The molecule has 3 rings (SSSR count). The van der Waals surface area contributed by atoms with Crippen molar-refractivity contribution in [1.29, 1.82) is 5.26 Å². The van der Waals surface area contributed by atoms with Crippen LogP contribution in [-0.2, 0) is 0 Å². The van der Waals surface area contributed by atoms with E-state index in [-0.39, 0.29) is 10.6 Å². The Morgan fingerprint density at radius 3 is 2.90 bits per heavy atom. The van der Waals surface area contributed by atoms with E-state index in [1.165, 1.54) is 18.3 Å². The molecule has 0 saturated carbocycles. The Morgan fingerprint density at radius 1 is 1.40 bits per heavy atom. The number of aromatic nitrogens is 3. The lowest BCUT2D eigenvalue weighted by atomic mass is 10.1. The molecular weight excluding hydrogens is 279 g/mol. The van der Waals surface area contributed by atoms with Crippen LogP contribution in [0.3, 0.4) is 0 Å². The molecule has 0 amide bonds. The number of nitrogens with one attached hydrogen (secondary N) is 1. The maximum atomic E-state index is 13.9. The summed E-state index contributed by atoms with van der Waals surface area (Å²) in [5.74, 6) is -0.163. The number of nitrogens with zero attached hydrogens (tertiary/aromatic N) is 3. The first-order valence-electron chi connectivity index (χ1n) is 5.81. The smallest absolute Gasteiger partial charge is 0.157 e. The van der Waals surface area contributed by atoms with Gasteiger partial charge in [0.25, 0.3) is 0 Å². The fraction of sp³-hybridized carbons (Fsp3) is 0.0714. The summed E-state index contributed by atoms with van der Waals surface area (Å²) in [4.78, 5) is 11.4. The minimum Gasteiger partial charge on any atom is -0.322 e. The lowest BCUT2D eigenvalue weighted by Gasteiger charge is -2.01. The number of hydrogen-bond donors (Lipinski definition) is 1. The molecule has 0 fully saturated rings. The fourth-order valence-electron chi connectivity index (χ4n) is 2.03. The number of H-pyrrole nitrogens is 1. The third kappa shape index (κ3) is 1.82. The summed E-state index contributed by atoms with van der Waals surface area (Å²) >= 11 is 6.02. The standard InChI is InChI=1S/C14H8ClFN4/c1-7-8(5-17)6-18-14-12(7)19-13(20-14)11-9(15)3-2-4-10(11)16/h2-4,6H,1H3,(H,18,19,20). The van der Waals surface area contributed by atoms with E-state index in [9.17, 15) is 4.39 Å². The highest BCUT2D eigenvalue weighted by atomic mass is 35.5. The van der Waals surface area contributed by atoms with Gasteiger partial charge in [0.1, 0.15) is 23.2 Å². The fourth-order valence-corrected chi connectivity index (χ4v) is 2.28. The highest BCUT2D eigenvalue weighted by Gasteiger charge is 2.16. The highest BCUT2D eigenvalue weighted by Crippen LogP contribution is 2.30. The first-order valence-corrected chi connectivity index (χ1v) is 6.19. The van der Waals surface area contributed by atoms with Gasteiger partial charge < -0.3 is 4.98 Å². The summed E-state index contributed by atoms with van der Waals surface area (Å²) in [5, 5.41) is 9.25. The summed E-state index contributed by atoms with van der Waals surface area (Å²) in [6, 6.07) is 6.48. The van der Waals surface area contributed by atoms with Crippen LogP contribution in [0.4, 0.5) is 4.39 Å². The molecule has 1 aromatic carbocycles. The van der Waals surface area contributed by atoms with Gasteiger partial charge in [-0.05, 0) is 24.6 Å². The summed E-state index contributed by atoms with van der Waals surface area (Å²) in [5.41, 5.74) is 2.38. The summed E-state index contributed by atoms with van der Waals surface area (Å²) in [6.07, 6.45) is 1.46. The number of pyridine rings is 1. The Bertz CT molecular complexity index is 843. The monoisotopic (exact) mass is 286 g/mol. The van der Waals surface area contributed by atoms with Crippen molar-refractivity contribution in [3.05, 3.63) is 46.4 Å². The van der Waals surface area contributed by atoms with Crippen LogP contribution in [0.15, 0.2) is 24.4 Å². The lowest BCUT2D eigenvalue weighted by Crippen LogP contribution is -1.87. The summed E-state index contributed by atoms with van der Waals surface area (Å²) < 4.78 is 13.9. The third-order valence-corrected chi connectivity index (χ3v) is 3.40. The van der Waals surface area contributed by atoms with Gasteiger partial charge in [0.05, 0.1) is 16.1 Å². The van der Waals surface area contributed by atoms with E-state index >= 15 is 0 Å². The molecule has 4 nitrogen and oxygen atoms in total. The van der Waals surface area contributed by atoms with Crippen LogP contribution in [0, 0.1) is 24.1 Å². The third-order valence-electron chi connectivity index (χ3n) is 3.09. The second-order valence-corrected chi connectivity index (χ2v) is 4.70. The van der Waals surface area contributed by atoms with Gasteiger partial charge in [0.15, 0.2) is 5.65 Å². The first-order chi connectivity index (χ1) is 9.61. The van der Waals surface area contributed by atoms with E-state index < -0.39 is 5.82 Å². The highest BCUT2D eigenvalue weighted by molar-refractivity contribution is 6.33. The Balaban J connectivity index is 2.30. The Hall–Kier alpha value is -2.45. The zero-order valence-electron chi connectivity index (χ0n) is 10.4. The van der Waals surface area contributed by atoms with Gasteiger partial charge >= 0.3 is 0 Å². The maximum Gasteiger partial charge on any atom is 0.157 e. The molecule has 0 aliphatic heterocycles. The van der Waals surface area contributed by atoms with E-state index in [0.29, 0.717) is 28.1 Å². The van der Waals surface area contributed by atoms with Crippen molar-refractivity contribution in [2.45, 2.75) is 6.92 Å². The van der Waals surface area contributed by atoms with Gasteiger partial charge in [-0.1, -0.05) is 17.7 Å². The predicted molar refractivity (Wildman–Crippen MR) is 73.7 cm³/mol. The number of fused-ring (bicyclic) bond motifs is 1. The van der Waals surface area contributed by atoms with E-state index in [1.807, 2.05) is 6.07 Å². The van der Waals surface area contributed by atoms with Gasteiger partial charge in [-0.25, -0.2) is 14.4 Å². The Labute approximate surface area is 118 Å². The van der Waals surface area contributed by atoms with Gasteiger partial charge in [-0.15, -0.1) is 0 Å². The molecule has 0 saturated heterocycles. The molecule has 20 heavy (non-hydrogen) atoms. The number of rotatable bonds is 1. The molecule has 2 heterocycles. The zero-order valence-corrected chi connectivity index (χ0v) is 11.2. The number of hydrogen-bond acceptors (Lipinski definition) is 3. The molecule has 3 aromatic rings. The number of benzene rings is 1. The molecule has 98 valence electrons. The number of imidazole rings is 1. The molecule has 6 heteroatoms. The van der Waals surface area contributed by atoms with Gasteiger partial charge in [0, 0.05) is 6.20 Å². The van der Waals surface area contributed by atoms with Crippen LogP contribution in [-0.4, -0.2) is 15.0 Å². The van der Waals surface area contributed by atoms with Crippen LogP contribution in [0.1, 0.15) is 11.1 Å². The van der Waals surface area contributed by atoms with Gasteiger partial charge in [-0.2, -0.15) is 5.26 Å². The quantitative estimate of drug-likeness (QED) is 0.743. The molecule has 1 N–H and O–H groups in total. The number of nitriles is 1. The second kappa shape index (κ2) is 4.58. The lowest BCUT2D eigenvalue weighted by molar-refractivity contribution is 0.630. The molecule has 0 spiro atoms. The van der Waals surface area contributed by atoms with E-state index in [1.54, 1.807) is 13.0 Å². The predicted octanol–water partition coefficient (Wildman–Crippen LogP) is 3.60. The van der Waals surface area contributed by atoms with Crippen LogP contribution >= 0.6 is 11.6 Å². The molecular formula is C14H8ClFN4. The maximum absolute atomic E-state index is 13.9. The van der Waals surface area contributed by atoms with Crippen LogP contribution < -0.4 is 0 Å². The number of aromatic amines is 1. The normalized spacial score (nSPS) is 10.7. The van der Waals surface area contributed by atoms with Crippen molar-refractivity contribution in [2.75, 3.05) is 0 Å². The molecule has 0 aliphatic carbocycles. The first kappa shape index (κ1) is 12.6. The van der Waals surface area contributed by atoms with Crippen molar-refractivity contribution in [1.82, 2.24) is 15.0 Å². The number of aryl methyl sites for hydroxylation is 1. The SMILES string of the molecule is Cc1c(C#N)cnc2[nH]c(-c3c(F)cccc3Cl)nc12.